The molecule has 5 nitrogen and oxygen atoms in total. The fraction of sp³-hybridized carbons (Fsp3) is 0.636. The van der Waals surface area contributed by atoms with Gasteiger partial charge in [-0.25, -0.2) is 14.8 Å². The van der Waals surface area contributed by atoms with Gasteiger partial charge in [0.2, 0.25) is 5.91 Å². The molecule has 0 aliphatic carbocycles. The first kappa shape index (κ1) is 11.0. The van der Waals surface area contributed by atoms with E-state index in [1.807, 2.05) is 6.92 Å². The number of carbonyl (C=O) groups is 2. The third-order valence-electron chi connectivity index (χ3n) is 3.34. The Hall–Kier alpha value is -1.52. The van der Waals surface area contributed by atoms with E-state index in [1.165, 1.54) is 12.1 Å². The van der Waals surface area contributed by atoms with Crippen LogP contribution in [0.25, 0.3) is 0 Å². The van der Waals surface area contributed by atoms with Crippen LogP contribution < -0.4 is 0 Å². The van der Waals surface area contributed by atoms with Crippen LogP contribution in [0.1, 0.15) is 19.8 Å². The Morgan fingerprint density at radius 3 is 2.81 bits per heavy atom. The van der Waals surface area contributed by atoms with E-state index in [0.717, 1.165) is 12.0 Å². The van der Waals surface area contributed by atoms with Crippen molar-refractivity contribution in [3.05, 3.63) is 12.2 Å². The molecule has 2 aliphatic heterocycles. The Morgan fingerprint density at radius 2 is 2.25 bits per heavy atom. The van der Waals surface area contributed by atoms with E-state index in [0.29, 0.717) is 13.0 Å². The van der Waals surface area contributed by atoms with Crippen molar-refractivity contribution in [2.75, 3.05) is 13.7 Å². The van der Waals surface area contributed by atoms with Gasteiger partial charge in [-0.3, -0.25) is 4.79 Å². The zero-order valence-corrected chi connectivity index (χ0v) is 9.60. The SMILES string of the molecule is C=C(C)[C@@H]1CN(C(=O)OC)N2C(=O)CC[C@@H]12. The number of rotatable bonds is 1. The van der Waals surface area contributed by atoms with Crippen LogP contribution in [0.15, 0.2) is 12.2 Å². The molecule has 2 aliphatic rings. The maximum Gasteiger partial charge on any atom is 0.428 e. The number of amides is 2. The molecule has 0 radical (unpaired) electrons. The minimum atomic E-state index is -0.469. The van der Waals surface area contributed by atoms with Gasteiger partial charge < -0.3 is 4.74 Å². The number of fused-ring (bicyclic) bond motifs is 1. The molecule has 2 amide bonds. The quantitative estimate of drug-likeness (QED) is 0.628. The minimum absolute atomic E-state index is 0.000787. The number of methoxy groups -OCH3 is 1. The number of hydrogen-bond acceptors (Lipinski definition) is 3. The summed E-state index contributed by atoms with van der Waals surface area (Å²) in [5, 5.41) is 2.95. The molecule has 5 heteroatoms. The van der Waals surface area contributed by atoms with Crippen LogP contribution in [0, 0.1) is 5.92 Å². The summed E-state index contributed by atoms with van der Waals surface area (Å²) < 4.78 is 4.68. The van der Waals surface area contributed by atoms with Gasteiger partial charge in [0, 0.05) is 12.3 Å². The molecule has 16 heavy (non-hydrogen) atoms. The number of nitrogens with zero attached hydrogens (tertiary/aromatic N) is 2. The molecule has 0 unspecified atom stereocenters. The van der Waals surface area contributed by atoms with Crippen LogP contribution >= 0.6 is 0 Å². The Morgan fingerprint density at radius 1 is 1.56 bits per heavy atom. The van der Waals surface area contributed by atoms with E-state index in [9.17, 15) is 9.59 Å². The standard InChI is InChI=1S/C11H16N2O3/c1-7(2)8-6-12(11(15)16-3)13-9(8)4-5-10(13)14/h8-9H,1,4-6H2,2-3H3/t8-,9-/m0/s1. The van der Waals surface area contributed by atoms with E-state index in [2.05, 4.69) is 11.3 Å². The van der Waals surface area contributed by atoms with Crippen LogP contribution in [-0.2, 0) is 9.53 Å². The molecule has 0 bridgehead atoms. The maximum atomic E-state index is 11.7. The molecule has 2 rings (SSSR count). The number of ether oxygens (including phenoxy) is 1. The molecule has 0 spiro atoms. The predicted octanol–water partition coefficient (Wildman–Crippen LogP) is 1.17. The third-order valence-corrected chi connectivity index (χ3v) is 3.34. The van der Waals surface area contributed by atoms with E-state index in [4.69, 9.17) is 0 Å². The fourth-order valence-electron chi connectivity index (χ4n) is 2.53. The first-order chi connectivity index (χ1) is 7.56. The van der Waals surface area contributed by atoms with Gasteiger partial charge in [0.15, 0.2) is 0 Å². The van der Waals surface area contributed by atoms with Crippen molar-refractivity contribution >= 4 is 12.0 Å². The summed E-state index contributed by atoms with van der Waals surface area (Å²) in [6.45, 7) is 6.36. The van der Waals surface area contributed by atoms with Crippen molar-refractivity contribution in [3.8, 4) is 0 Å². The largest absolute Gasteiger partial charge is 0.452 e. The second-order valence-electron chi connectivity index (χ2n) is 4.35. The van der Waals surface area contributed by atoms with Crippen molar-refractivity contribution in [3.63, 3.8) is 0 Å². The van der Waals surface area contributed by atoms with E-state index < -0.39 is 6.09 Å². The summed E-state index contributed by atoms with van der Waals surface area (Å²) in [7, 11) is 1.33. The van der Waals surface area contributed by atoms with Crippen LogP contribution in [0.5, 0.6) is 0 Å². The second-order valence-corrected chi connectivity index (χ2v) is 4.35. The summed E-state index contributed by atoms with van der Waals surface area (Å²) in [5.74, 6) is 0.171. The lowest BCUT2D eigenvalue weighted by atomic mass is 9.93. The zero-order valence-electron chi connectivity index (χ0n) is 9.60. The monoisotopic (exact) mass is 224 g/mol. The zero-order chi connectivity index (χ0) is 11.9. The fourth-order valence-corrected chi connectivity index (χ4v) is 2.53. The second kappa shape index (κ2) is 3.81. The van der Waals surface area contributed by atoms with Crippen LogP contribution in [0.3, 0.4) is 0 Å². The highest BCUT2D eigenvalue weighted by atomic mass is 16.5. The van der Waals surface area contributed by atoms with Crippen LogP contribution in [0.4, 0.5) is 4.79 Å². The first-order valence-electron chi connectivity index (χ1n) is 5.39. The molecule has 2 fully saturated rings. The van der Waals surface area contributed by atoms with Gasteiger partial charge in [0.1, 0.15) is 0 Å². The highest BCUT2D eigenvalue weighted by molar-refractivity contribution is 5.82. The van der Waals surface area contributed by atoms with Crippen molar-refractivity contribution in [1.82, 2.24) is 10.0 Å². The van der Waals surface area contributed by atoms with Gasteiger partial charge in [-0.05, 0) is 13.3 Å². The number of hydrogen-bond donors (Lipinski definition) is 0. The molecule has 0 aromatic heterocycles. The van der Waals surface area contributed by atoms with Gasteiger partial charge in [-0.1, -0.05) is 12.2 Å². The van der Waals surface area contributed by atoms with Gasteiger partial charge in [-0.2, -0.15) is 0 Å². The molecule has 0 aromatic rings. The average molecular weight is 224 g/mol. The van der Waals surface area contributed by atoms with Crippen LogP contribution in [0.2, 0.25) is 0 Å². The van der Waals surface area contributed by atoms with Crippen molar-refractivity contribution < 1.29 is 14.3 Å². The number of hydrazine groups is 1. The van der Waals surface area contributed by atoms with Crippen molar-refractivity contribution in [1.29, 1.82) is 0 Å². The van der Waals surface area contributed by atoms with E-state index in [1.54, 1.807) is 5.01 Å². The topological polar surface area (TPSA) is 49.9 Å². The molecule has 0 saturated carbocycles. The summed E-state index contributed by atoms with van der Waals surface area (Å²) >= 11 is 0. The Kier molecular flexibility index (Phi) is 2.61. The highest BCUT2D eigenvalue weighted by Gasteiger charge is 2.49. The molecule has 0 aromatic carbocycles. The van der Waals surface area contributed by atoms with Crippen molar-refractivity contribution in [2.24, 2.45) is 5.92 Å². The van der Waals surface area contributed by atoms with Gasteiger partial charge in [0.05, 0.1) is 19.7 Å². The van der Waals surface area contributed by atoms with Gasteiger partial charge in [-0.15, -0.1) is 0 Å². The Balaban J connectivity index is 2.26. The summed E-state index contributed by atoms with van der Waals surface area (Å²) in [6.07, 6.45) is 0.829. The van der Waals surface area contributed by atoms with Crippen LogP contribution in [-0.4, -0.2) is 41.7 Å². The highest BCUT2D eigenvalue weighted by Crippen LogP contribution is 2.37. The Bertz CT molecular complexity index is 353. The molecular formula is C11H16N2O3. The molecular weight excluding hydrogens is 208 g/mol. The van der Waals surface area contributed by atoms with Gasteiger partial charge in [0.25, 0.3) is 0 Å². The lowest BCUT2D eigenvalue weighted by Gasteiger charge is -2.25. The molecule has 2 atom stereocenters. The van der Waals surface area contributed by atoms with E-state index >= 15 is 0 Å². The average Bonchev–Trinajstić information content (AvgIpc) is 2.78. The normalized spacial score (nSPS) is 28.2. The van der Waals surface area contributed by atoms with Gasteiger partial charge >= 0.3 is 6.09 Å². The Labute approximate surface area is 94.6 Å². The molecule has 0 N–H and O–H groups in total. The smallest absolute Gasteiger partial charge is 0.428 e. The predicted molar refractivity (Wildman–Crippen MR) is 57.3 cm³/mol. The lowest BCUT2D eigenvalue weighted by molar-refractivity contribution is -0.139. The maximum absolute atomic E-state index is 11.7. The molecule has 88 valence electrons. The van der Waals surface area contributed by atoms with Crippen molar-refractivity contribution in [2.45, 2.75) is 25.8 Å². The third kappa shape index (κ3) is 1.47. The van der Waals surface area contributed by atoms with E-state index in [-0.39, 0.29) is 17.9 Å². The molecule has 2 heterocycles. The lowest BCUT2D eigenvalue weighted by Crippen LogP contribution is -2.44. The summed E-state index contributed by atoms with van der Waals surface area (Å²) in [5.41, 5.74) is 1.01. The summed E-state index contributed by atoms with van der Waals surface area (Å²) in [4.78, 5) is 23.3. The minimum Gasteiger partial charge on any atom is -0.452 e. The molecule has 2 saturated heterocycles. The summed E-state index contributed by atoms with van der Waals surface area (Å²) in [6, 6.07) is 0.0871. The first-order valence-corrected chi connectivity index (χ1v) is 5.39. The number of carbonyl (C=O) groups excluding carboxylic acids is 2.